The molecule has 0 unspecified atom stereocenters. The van der Waals surface area contributed by atoms with Gasteiger partial charge in [-0.05, 0) is 250 Å². The fourth-order valence-electron chi connectivity index (χ4n) is 18.6. The number of nitriles is 2. The number of unbranched alkanes of at least 4 members (excludes halogenated alkanes) is 12. The van der Waals surface area contributed by atoms with Gasteiger partial charge >= 0.3 is 0 Å². The molecule has 6 heterocycles. The second kappa shape index (κ2) is 35.7. The minimum atomic E-state index is -1.18. The summed E-state index contributed by atoms with van der Waals surface area (Å²) in [6, 6.07) is 71.6. The van der Waals surface area contributed by atoms with Crippen molar-refractivity contribution in [3.05, 3.63) is 387 Å². The second-order valence-electron chi connectivity index (χ2n) is 32.2. The van der Waals surface area contributed by atoms with Crippen molar-refractivity contribution in [3.8, 4) is 33.0 Å². The number of carbonyl (C=O) groups excluding carboxylic acids is 2. The summed E-state index contributed by atoms with van der Waals surface area (Å²) in [6.07, 6.45) is 27.1. The van der Waals surface area contributed by atoms with E-state index in [1.165, 1.54) is 162 Å². The van der Waals surface area contributed by atoms with E-state index in [1.807, 2.05) is 46.9 Å². The molecule has 4 aliphatic rings. The average Bonchev–Trinajstić information content (AvgIpc) is 1.50. The molecule has 13 aromatic rings. The van der Waals surface area contributed by atoms with Crippen LogP contribution in [0.25, 0.3) is 65.0 Å². The fraction of sp³-hybridized carbons (Fsp3) is 0.245. The molecule has 0 N–H and O–H groups in total. The highest BCUT2D eigenvalue weighted by Crippen LogP contribution is 2.65. The molecule has 17 rings (SSSR count). The van der Waals surface area contributed by atoms with Crippen molar-refractivity contribution in [2.45, 2.75) is 167 Å². The maximum Gasteiger partial charge on any atom is 0.270 e. The van der Waals surface area contributed by atoms with Gasteiger partial charge in [0, 0.05) is 89.2 Å². The number of carbonyl (C=O) groups is 2. The van der Waals surface area contributed by atoms with Gasteiger partial charge in [0.05, 0.1) is 36.1 Å². The molecule has 0 saturated carbocycles. The zero-order valence-corrected chi connectivity index (χ0v) is 73.2. The number of halogens is 4. The molecule has 0 bridgehead atoms. The number of hydrogen-bond acceptors (Lipinski definition) is 10. The van der Waals surface area contributed by atoms with E-state index in [0.29, 0.717) is 9.06 Å². The van der Waals surface area contributed by atoms with Crippen LogP contribution in [-0.4, -0.2) is 11.6 Å². The minimum Gasteiger partial charge on any atom is -0.289 e. The van der Waals surface area contributed by atoms with Crippen LogP contribution in [0.3, 0.4) is 0 Å². The molecule has 606 valence electrons. The smallest absolute Gasteiger partial charge is 0.270 e. The molecular weight excluding hydrogens is 1630 g/mol. The molecule has 122 heavy (non-hydrogen) atoms. The van der Waals surface area contributed by atoms with Gasteiger partial charge in [0.25, 0.3) is 11.4 Å². The van der Waals surface area contributed by atoms with Crippen molar-refractivity contribution in [2.24, 2.45) is 0 Å². The molecule has 4 aliphatic carbocycles. The highest BCUT2D eigenvalue weighted by atomic mass is 32.1. The van der Waals surface area contributed by atoms with Gasteiger partial charge in [0.15, 0.2) is 34.8 Å². The summed E-state index contributed by atoms with van der Waals surface area (Å²) in [4.78, 5) is 39.9. The number of nitrogens with zero attached hydrogens (tertiary/aromatic N) is 4. The lowest BCUT2D eigenvalue weighted by molar-refractivity contribution is 0.105. The molecule has 6 nitrogen and oxygen atoms in total. The van der Waals surface area contributed by atoms with Crippen molar-refractivity contribution in [1.29, 1.82) is 10.5 Å². The van der Waals surface area contributed by atoms with Gasteiger partial charge in [-0.15, -0.1) is 68.0 Å². The van der Waals surface area contributed by atoms with E-state index in [0.717, 1.165) is 138 Å². The van der Waals surface area contributed by atoms with Gasteiger partial charge in [-0.2, -0.15) is 0 Å². The first kappa shape index (κ1) is 83.0. The molecule has 0 saturated heterocycles. The largest absolute Gasteiger partial charge is 0.289 e. The van der Waals surface area contributed by atoms with Crippen molar-refractivity contribution in [3.63, 3.8) is 0 Å². The van der Waals surface area contributed by atoms with Crippen molar-refractivity contribution in [1.82, 2.24) is 0 Å². The van der Waals surface area contributed by atoms with E-state index in [-0.39, 0.29) is 55.9 Å². The van der Waals surface area contributed by atoms with Crippen LogP contribution < -0.4 is 18.1 Å². The number of benzene rings is 7. The molecular formula is C106H86F4N4O2S6. The van der Waals surface area contributed by atoms with E-state index in [9.17, 15) is 37.7 Å². The van der Waals surface area contributed by atoms with Gasteiger partial charge in [-0.25, -0.2) is 37.8 Å². The molecule has 0 atom stereocenters. The standard InChI is InChI=1S/C106H86F4N4O2S6/c1-7-11-15-19-23-63-27-35-67(36-28-63)105(68-37-29-64(30-38-68)24-20-16-12-8-2)81-55-80-82(56-79(81)103-83(105)53-73(119-103)51-71-43-45-91(117-71)93-47-49-95(121-93)99-97(89(61-111)113-5)75-57-85(107)87(109)59-77(75)101(99)115)106(69-39-31-65(32-40-69)25-21-17-13-9-3,70-41-33-66(34-42-70)26-22-18-14-10-4)84-54-74(120-104(80)84)52-72-44-46-92(118-72)94-48-50-96(122-94)100-98(90(62-112)114-6)76-58-86(108)88(110)60-78(76)102(100)116/h27-60H,7-26H2,1-4H3/b71-51+,72-52+,93-91+,94-92+,97-89+,98-90?,99-95+,100-96+. The van der Waals surface area contributed by atoms with Crippen molar-refractivity contribution >= 4 is 114 Å². The SMILES string of the molecule is [C-]#[N+]C(C#N)=C1/C(=c2/cc/c(=c3/cc/c(=C\c4cc5c(s4)-c4cc6c(cc4C5(c4ccc(CCCCCC)cc4)c4ccc(CCCCCC)cc4)-c4sc(/C=c5\cc/c(=c7/cc/c(=C8\C(=O)c9cc(F)c(F)cc9\C8=C(\C#N)[N+]#[C-])s7)s5)cc4C6(c4ccc(CCCCCC)cc4)c4ccc(CCCCCC)cc4)s3)s2)C(=O)c2cc(F)c(F)cc21. The first-order valence-corrected chi connectivity index (χ1v) is 47.3. The lowest BCUT2D eigenvalue weighted by Gasteiger charge is -2.35. The monoisotopic (exact) mass is 1710 g/mol. The summed E-state index contributed by atoms with van der Waals surface area (Å²) in [7, 11) is 0. The highest BCUT2D eigenvalue weighted by molar-refractivity contribution is 7.17. The summed E-state index contributed by atoms with van der Waals surface area (Å²) >= 11 is 9.56. The van der Waals surface area contributed by atoms with Gasteiger partial charge in [0.2, 0.25) is 0 Å². The fourth-order valence-corrected chi connectivity index (χ4v) is 25.4. The Labute approximate surface area is 732 Å². The summed E-state index contributed by atoms with van der Waals surface area (Å²) in [5.41, 5.74) is 15.0. The Morgan fingerprint density at radius 2 is 0.639 bits per heavy atom. The number of ketones is 2. The topological polar surface area (TPSA) is 90.4 Å². The van der Waals surface area contributed by atoms with Crippen LogP contribution >= 0.6 is 68.0 Å². The third-order valence-corrected chi connectivity index (χ3v) is 31.5. The summed E-state index contributed by atoms with van der Waals surface area (Å²) in [5.74, 6) is -5.85. The molecule has 0 fully saturated rings. The molecule has 0 amide bonds. The predicted octanol–water partition coefficient (Wildman–Crippen LogP) is 26.5. The molecule has 16 heteroatoms. The first-order valence-electron chi connectivity index (χ1n) is 42.4. The quantitative estimate of drug-likeness (QED) is 0.0234. The zero-order valence-electron chi connectivity index (χ0n) is 68.3. The minimum absolute atomic E-state index is 0.0100. The maximum atomic E-state index is 14.9. The number of aryl methyl sites for hydroxylation is 4. The van der Waals surface area contributed by atoms with Crippen LogP contribution in [0.15, 0.2) is 206 Å². The van der Waals surface area contributed by atoms with E-state index in [2.05, 4.69) is 195 Å². The number of thiophene rings is 6. The van der Waals surface area contributed by atoms with Crippen LogP contribution in [0.5, 0.6) is 0 Å². The molecule has 0 spiro atoms. The van der Waals surface area contributed by atoms with Gasteiger partial charge in [-0.1, -0.05) is 202 Å². The maximum absolute atomic E-state index is 14.9. The van der Waals surface area contributed by atoms with Crippen LogP contribution in [0, 0.1) is 77.2 Å². The Kier molecular flexibility index (Phi) is 24.3. The number of Topliss-reactive ketones (excluding diaryl/α,β-unsaturated/α-hetero) is 2. The van der Waals surface area contributed by atoms with Gasteiger partial charge in [-0.3, -0.25) is 9.59 Å². The van der Waals surface area contributed by atoms with E-state index in [4.69, 9.17) is 13.1 Å². The third kappa shape index (κ3) is 15.1. The lowest BCUT2D eigenvalue weighted by Crippen LogP contribution is -2.30. The molecule has 0 radical (unpaired) electrons. The van der Waals surface area contributed by atoms with E-state index in [1.54, 1.807) is 34.8 Å². The Balaban J connectivity index is 0.886. The normalized spacial score (nSPS) is 16.4. The average molecular weight is 1720 g/mol. The van der Waals surface area contributed by atoms with Crippen molar-refractivity contribution < 1.29 is 27.2 Å². The van der Waals surface area contributed by atoms with E-state index < -0.39 is 45.7 Å². The second-order valence-corrected chi connectivity index (χ2v) is 38.8. The number of fused-ring (bicyclic) bond motifs is 8. The molecule has 6 aromatic heterocycles. The number of rotatable bonds is 26. The lowest BCUT2D eigenvalue weighted by atomic mass is 9.65. The molecule has 7 aromatic carbocycles. The van der Waals surface area contributed by atoms with Crippen molar-refractivity contribution in [2.75, 3.05) is 0 Å². The van der Waals surface area contributed by atoms with E-state index >= 15 is 0 Å². The predicted molar refractivity (Wildman–Crippen MR) is 493 cm³/mol. The highest BCUT2D eigenvalue weighted by Gasteiger charge is 2.53. The van der Waals surface area contributed by atoms with Crippen LogP contribution in [0.2, 0.25) is 0 Å². The van der Waals surface area contributed by atoms with Crippen LogP contribution in [-0.2, 0) is 36.5 Å². The number of hydrogen-bond donors (Lipinski definition) is 0. The summed E-state index contributed by atoms with van der Waals surface area (Å²) in [5, 5.41) is 20.3. The summed E-state index contributed by atoms with van der Waals surface area (Å²) < 4.78 is 66.0. The van der Waals surface area contributed by atoms with Gasteiger partial charge in [0.1, 0.15) is 0 Å². The first-order chi connectivity index (χ1) is 59.6. The van der Waals surface area contributed by atoms with Crippen LogP contribution in [0.4, 0.5) is 17.6 Å². The Morgan fingerprint density at radius 1 is 0.344 bits per heavy atom. The van der Waals surface area contributed by atoms with Gasteiger partial charge < -0.3 is 0 Å². The van der Waals surface area contributed by atoms with Crippen LogP contribution in [0.1, 0.15) is 239 Å². The zero-order chi connectivity index (χ0) is 84.5. The summed E-state index contributed by atoms with van der Waals surface area (Å²) in [6.45, 7) is 24.8. The Morgan fingerprint density at radius 3 is 0.943 bits per heavy atom. The Bertz CT molecular complexity index is 6530. The number of allylic oxidation sites excluding steroid dienone is 4. The Hall–Kier alpha value is -11.3. The molecule has 0 aliphatic heterocycles. The third-order valence-electron chi connectivity index (χ3n) is 24.6.